The standard InChI is InChI=1S/Ce.La.Mg.Sc.2H/q;;+2;;2*-1. The van der Waals surface area contributed by atoms with Gasteiger partial charge in [0.15, 0.2) is 0 Å². The molecule has 0 aromatic heterocycles. The summed E-state index contributed by atoms with van der Waals surface area (Å²) in [6.45, 7) is 0. The summed E-state index contributed by atoms with van der Waals surface area (Å²) in [5.74, 6) is 0. The number of hydrogen-bond donors (Lipinski definition) is 0. The maximum atomic E-state index is 0. The number of hydrogen-bond acceptors (Lipinski definition) is 0. The molecule has 14 valence electrons. The van der Waals surface area contributed by atoms with Crippen molar-refractivity contribution in [2.45, 2.75) is 0 Å². The van der Waals surface area contributed by atoms with Gasteiger partial charge in [-0.05, 0) is 0 Å². The van der Waals surface area contributed by atoms with E-state index in [-0.39, 0.29) is 129 Å². The molecule has 0 atom stereocenters. The van der Waals surface area contributed by atoms with Crippen LogP contribution < -0.4 is 0 Å². The monoisotopic (exact) mass is 350 g/mol. The molecule has 0 aliphatic heterocycles. The molecule has 0 saturated carbocycles. The van der Waals surface area contributed by atoms with Gasteiger partial charge in [-0.1, -0.05) is 0 Å². The first kappa shape index (κ1) is 24.1. The minimum absolute atomic E-state index is 0. The van der Waals surface area contributed by atoms with Gasteiger partial charge in [-0.2, -0.15) is 0 Å². The van der Waals surface area contributed by atoms with Gasteiger partial charge < -0.3 is 2.85 Å². The van der Waals surface area contributed by atoms with Gasteiger partial charge in [0.05, 0.1) is 0 Å². The molecule has 0 spiro atoms. The molecule has 2 radical (unpaired) electrons. The van der Waals surface area contributed by atoms with Crippen molar-refractivity contribution in [1.82, 2.24) is 0 Å². The fraction of sp³-hybridized carbons (Fsp3) is 0. The largest absolute Gasteiger partial charge is 2.00 e. The van der Waals surface area contributed by atoms with Crippen molar-refractivity contribution in [3.8, 4) is 0 Å². The normalized spacial score (nSPS) is 0. The maximum absolute atomic E-state index is 0. The molecular weight excluding hydrogens is 348 g/mol. The minimum Gasteiger partial charge on any atom is -1.00 e. The summed E-state index contributed by atoms with van der Waals surface area (Å²) >= 11 is 0. The van der Waals surface area contributed by atoms with Crippen LogP contribution >= 0.6 is 0 Å². The minimum atomic E-state index is 0. The Hall–Kier alpha value is 4.21. The Morgan fingerprint density at radius 2 is 1.25 bits per heavy atom. The second kappa shape index (κ2) is 15.7. The Kier molecular flexibility index (Phi) is 94.5. The third-order valence-electron chi connectivity index (χ3n) is 0. The van der Waals surface area contributed by atoms with Crippen LogP contribution in [0.2, 0.25) is 0 Å². The summed E-state index contributed by atoms with van der Waals surface area (Å²) in [6, 6.07) is 0. The van der Waals surface area contributed by atoms with E-state index in [1.54, 1.807) is 0 Å². The third-order valence-corrected chi connectivity index (χ3v) is 0. The van der Waals surface area contributed by atoms with Crippen molar-refractivity contribution in [2.24, 2.45) is 0 Å². The van der Waals surface area contributed by atoms with Crippen LogP contribution in [0.15, 0.2) is 0 Å². The van der Waals surface area contributed by atoms with Crippen molar-refractivity contribution >= 4 is 23.1 Å². The topological polar surface area (TPSA) is 0 Å². The van der Waals surface area contributed by atoms with Crippen molar-refractivity contribution in [1.29, 1.82) is 0 Å². The van der Waals surface area contributed by atoms with Crippen molar-refractivity contribution in [3.05, 3.63) is 0 Å². The van der Waals surface area contributed by atoms with E-state index in [2.05, 4.69) is 0 Å². The molecule has 0 amide bonds. The second-order valence-electron chi connectivity index (χ2n) is 0. The van der Waals surface area contributed by atoms with E-state index in [0.717, 1.165) is 0 Å². The van der Waals surface area contributed by atoms with Crippen LogP contribution in [0.3, 0.4) is 0 Å². The summed E-state index contributed by atoms with van der Waals surface area (Å²) in [7, 11) is 0. The van der Waals surface area contributed by atoms with Gasteiger partial charge in [0.1, 0.15) is 0 Å². The first-order valence-corrected chi connectivity index (χ1v) is 0. The van der Waals surface area contributed by atoms with Crippen molar-refractivity contribution < 1.29 is 106 Å². The van der Waals surface area contributed by atoms with E-state index < -0.39 is 0 Å². The van der Waals surface area contributed by atoms with Gasteiger partial charge in [-0.3, -0.25) is 0 Å². The summed E-state index contributed by atoms with van der Waals surface area (Å²) in [5.41, 5.74) is 0. The number of rotatable bonds is 0. The summed E-state index contributed by atoms with van der Waals surface area (Å²) in [4.78, 5) is 0. The van der Waals surface area contributed by atoms with Crippen molar-refractivity contribution in [2.75, 3.05) is 0 Å². The second-order valence-corrected chi connectivity index (χ2v) is 0. The Morgan fingerprint density at radius 1 is 1.25 bits per heavy atom. The maximum Gasteiger partial charge on any atom is 2.00 e. The zero-order valence-corrected chi connectivity index (χ0v) is 12.3. The smallest absolute Gasteiger partial charge is 1.00 e. The van der Waals surface area contributed by atoms with E-state index in [1.807, 2.05) is 0 Å². The summed E-state index contributed by atoms with van der Waals surface area (Å²) in [5, 5.41) is 0. The van der Waals surface area contributed by atoms with E-state index in [1.165, 1.54) is 0 Å². The first-order valence-electron chi connectivity index (χ1n) is 0. The van der Waals surface area contributed by atoms with Gasteiger partial charge in [0.2, 0.25) is 0 Å². The van der Waals surface area contributed by atoms with Crippen LogP contribution in [0.1, 0.15) is 2.85 Å². The molecule has 4 heteroatoms. The fourth-order valence-electron chi connectivity index (χ4n) is 0. The van der Waals surface area contributed by atoms with Crippen LogP contribution in [-0.4, -0.2) is 23.1 Å². The van der Waals surface area contributed by atoms with E-state index in [0.29, 0.717) is 0 Å². The van der Waals surface area contributed by atoms with E-state index in [9.17, 15) is 0 Å². The van der Waals surface area contributed by atoms with E-state index >= 15 is 0 Å². The van der Waals surface area contributed by atoms with Crippen molar-refractivity contribution in [3.63, 3.8) is 0 Å². The fourth-order valence-corrected chi connectivity index (χ4v) is 0. The van der Waals surface area contributed by atoms with Gasteiger partial charge >= 0.3 is 23.1 Å². The Morgan fingerprint density at radius 3 is 1.25 bits per heavy atom. The third kappa shape index (κ3) is 9.51. The van der Waals surface area contributed by atoms with Gasteiger partial charge in [0.25, 0.3) is 0 Å². The predicted molar refractivity (Wildman–Crippen MR) is 7.98 cm³/mol. The molecule has 0 saturated heterocycles. The predicted octanol–water partition coefficient (Wildman–Crippen LogP) is -0.158. The first-order chi connectivity index (χ1) is 0. The molecule has 0 fully saturated rings. The van der Waals surface area contributed by atoms with Crippen LogP contribution in [0.5, 0.6) is 0 Å². The molecular formula is H2CeLaMgSc. The van der Waals surface area contributed by atoms with Gasteiger partial charge in [-0.25, -0.2) is 0 Å². The summed E-state index contributed by atoms with van der Waals surface area (Å²) in [6.07, 6.45) is 0. The average molecular weight is 350 g/mol. The zero-order chi connectivity index (χ0) is 0. The molecule has 0 aromatic carbocycles. The molecule has 0 unspecified atom stereocenters. The molecule has 0 N–H and O–H groups in total. The van der Waals surface area contributed by atoms with Gasteiger partial charge in [-0.15, -0.1) is 0 Å². The molecule has 0 nitrogen and oxygen atoms in total. The zero-order valence-electron chi connectivity index (χ0n) is 4.36. The van der Waals surface area contributed by atoms with Gasteiger partial charge in [0, 0.05) is 103 Å². The van der Waals surface area contributed by atoms with Crippen LogP contribution in [0.25, 0.3) is 0 Å². The molecule has 0 aliphatic rings. The summed E-state index contributed by atoms with van der Waals surface area (Å²) < 4.78 is 0. The molecule has 0 heterocycles. The van der Waals surface area contributed by atoms with Crippen LogP contribution in [0, 0.1) is 77.3 Å². The molecule has 0 bridgehead atoms. The van der Waals surface area contributed by atoms with E-state index in [4.69, 9.17) is 0 Å². The van der Waals surface area contributed by atoms with Crippen LogP contribution in [-0.2, 0) is 25.8 Å². The SMILES string of the molecule is [Ce].[H-].[H-].[La].[Mg+2].[Sc]. The molecule has 0 aromatic rings. The molecule has 0 rings (SSSR count). The Labute approximate surface area is 126 Å². The Balaban J connectivity index is 0. The molecule has 0 aliphatic carbocycles. The average Bonchev–Trinajstić information content (AvgIpc) is 0. The quantitative estimate of drug-likeness (QED) is 0.533. The Bertz CT molecular complexity index is 13.5. The van der Waals surface area contributed by atoms with Crippen LogP contribution in [0.4, 0.5) is 0 Å². The molecule has 4 heavy (non-hydrogen) atoms.